The average Bonchev–Trinajstić information content (AvgIpc) is 3.31. The molecule has 2 aromatic heterocycles. The monoisotopic (exact) mass is 607 g/mol. The van der Waals surface area contributed by atoms with E-state index in [-0.39, 0.29) is 5.91 Å². The smallest absolute Gasteiger partial charge is 0.332 e. The molecule has 1 saturated heterocycles. The van der Waals surface area contributed by atoms with Crippen LogP contribution in [0.3, 0.4) is 0 Å². The number of carbonyl (C=O) groups excluding carboxylic acids is 2. The minimum absolute atomic E-state index is 0.315. The molecule has 39 heavy (non-hydrogen) atoms. The number of benzene rings is 2. The minimum Gasteiger partial charge on any atom is -0.495 e. The van der Waals surface area contributed by atoms with Gasteiger partial charge in [0.1, 0.15) is 21.8 Å². The van der Waals surface area contributed by atoms with Crippen molar-refractivity contribution in [1.82, 2.24) is 19.8 Å². The summed E-state index contributed by atoms with van der Waals surface area (Å²) in [7, 11) is 3.71. The fourth-order valence-electron chi connectivity index (χ4n) is 4.80. The first kappa shape index (κ1) is 25.7. The molecule has 2 N–H and O–H groups in total. The summed E-state index contributed by atoms with van der Waals surface area (Å²) in [5, 5.41) is 6.48. The maximum Gasteiger partial charge on any atom is 0.332 e. The lowest BCUT2D eigenvalue weighted by molar-refractivity contribution is 0.103. The first-order valence-corrected chi connectivity index (χ1v) is 14.1. The van der Waals surface area contributed by atoms with Gasteiger partial charge in [-0.05, 0) is 52.8 Å². The molecule has 0 aliphatic carbocycles. The van der Waals surface area contributed by atoms with E-state index in [1.807, 2.05) is 24.3 Å². The van der Waals surface area contributed by atoms with Crippen molar-refractivity contribution in [1.29, 1.82) is 0 Å². The normalized spacial score (nSPS) is 15.9. The molecule has 0 radical (unpaired) electrons. The Morgan fingerprint density at radius 3 is 2.64 bits per heavy atom. The summed E-state index contributed by atoms with van der Waals surface area (Å²) < 4.78 is 6.17. The largest absolute Gasteiger partial charge is 0.495 e. The average molecular weight is 609 g/mol. The third kappa shape index (κ3) is 4.96. The number of piperazine rings is 1. The van der Waals surface area contributed by atoms with Crippen molar-refractivity contribution in [3.63, 3.8) is 0 Å². The molecular formula is C27H26BrN7O3S. The van der Waals surface area contributed by atoms with Crippen molar-refractivity contribution >= 4 is 72.3 Å². The Hall–Kier alpha value is -3.58. The second kappa shape index (κ2) is 10.5. The van der Waals surface area contributed by atoms with Crippen LogP contribution in [-0.4, -0.2) is 72.0 Å². The van der Waals surface area contributed by atoms with E-state index in [0.717, 1.165) is 37.2 Å². The molecule has 2 aliphatic heterocycles. The second-order valence-corrected chi connectivity index (χ2v) is 11.4. The third-order valence-electron chi connectivity index (χ3n) is 6.93. The number of thiophene rings is 1. The standard InChI is InChI=1S/C27H26BrN7O3S/c1-33-9-11-34(12-10-33)14-16-3-5-17(6-4-16)31-25(36)23-22-21-24(29-15-30-26(21)39-23)35(27(37)32-22)18-7-8-19(28)20(13-18)38-2/h3-8,13,15H,9-12,14H2,1-2H3,(H,31,36)(H,32,37). The Labute approximate surface area is 237 Å². The molecule has 200 valence electrons. The van der Waals surface area contributed by atoms with Gasteiger partial charge >= 0.3 is 6.03 Å². The van der Waals surface area contributed by atoms with Crippen LogP contribution in [0.25, 0.3) is 10.2 Å². The van der Waals surface area contributed by atoms with Crippen molar-refractivity contribution in [2.24, 2.45) is 0 Å². The Balaban J connectivity index is 1.25. The summed E-state index contributed by atoms with van der Waals surface area (Å²) in [4.78, 5) is 42.7. The Morgan fingerprint density at radius 2 is 1.90 bits per heavy atom. The molecule has 0 atom stereocenters. The van der Waals surface area contributed by atoms with Gasteiger partial charge in [0.15, 0.2) is 5.82 Å². The zero-order valence-electron chi connectivity index (χ0n) is 21.4. The van der Waals surface area contributed by atoms with E-state index in [0.29, 0.717) is 43.7 Å². The predicted octanol–water partition coefficient (Wildman–Crippen LogP) is 5.15. The van der Waals surface area contributed by atoms with Crippen LogP contribution in [-0.2, 0) is 6.54 Å². The van der Waals surface area contributed by atoms with E-state index in [9.17, 15) is 9.59 Å². The lowest BCUT2D eigenvalue weighted by atomic mass is 10.1. The number of likely N-dealkylation sites (N-methyl/N-ethyl adjacent to an activating group) is 1. The van der Waals surface area contributed by atoms with Gasteiger partial charge in [-0.15, -0.1) is 11.3 Å². The molecule has 2 aromatic carbocycles. The van der Waals surface area contributed by atoms with Crippen LogP contribution in [0, 0.1) is 0 Å². The number of hydrogen-bond acceptors (Lipinski definition) is 8. The molecule has 6 rings (SSSR count). The lowest BCUT2D eigenvalue weighted by Crippen LogP contribution is -2.43. The second-order valence-electron chi connectivity index (χ2n) is 9.50. The molecule has 3 amide bonds. The fraction of sp³-hybridized carbons (Fsp3) is 0.259. The molecule has 0 spiro atoms. The van der Waals surface area contributed by atoms with E-state index in [2.05, 4.69) is 53.4 Å². The zero-order chi connectivity index (χ0) is 27.1. The van der Waals surface area contributed by atoms with Gasteiger partial charge in [-0.2, -0.15) is 0 Å². The molecule has 0 bridgehead atoms. The summed E-state index contributed by atoms with van der Waals surface area (Å²) in [5.74, 6) is 0.674. The Kier molecular flexibility index (Phi) is 6.94. The molecule has 0 saturated carbocycles. The van der Waals surface area contributed by atoms with E-state index in [4.69, 9.17) is 4.74 Å². The number of amides is 3. The predicted molar refractivity (Wildman–Crippen MR) is 156 cm³/mol. The SMILES string of the molecule is COc1cc(N2C(=O)Nc3c(C(=O)Nc4ccc(CN5CCN(C)CC5)cc4)sc4ncnc2c34)ccc1Br. The van der Waals surface area contributed by atoms with Crippen LogP contribution < -0.4 is 20.3 Å². The molecule has 0 unspecified atom stereocenters. The number of ether oxygens (including phenoxy) is 1. The van der Waals surface area contributed by atoms with Crippen molar-refractivity contribution < 1.29 is 14.3 Å². The quantitative estimate of drug-likeness (QED) is 0.312. The molecule has 10 nitrogen and oxygen atoms in total. The van der Waals surface area contributed by atoms with Gasteiger partial charge in [0.25, 0.3) is 5.91 Å². The highest BCUT2D eigenvalue weighted by Crippen LogP contribution is 2.45. The number of nitrogens with zero attached hydrogens (tertiary/aromatic N) is 5. The minimum atomic E-state index is -0.424. The van der Waals surface area contributed by atoms with E-state index < -0.39 is 6.03 Å². The Morgan fingerprint density at radius 1 is 1.13 bits per heavy atom. The van der Waals surface area contributed by atoms with E-state index in [1.165, 1.54) is 28.1 Å². The summed E-state index contributed by atoms with van der Waals surface area (Å²) in [6, 6.07) is 12.8. The number of anilines is 4. The van der Waals surface area contributed by atoms with Gasteiger partial charge in [-0.25, -0.2) is 19.7 Å². The number of aromatic nitrogens is 2. The van der Waals surface area contributed by atoms with Crippen LogP contribution in [0.4, 0.5) is 27.7 Å². The fourth-order valence-corrected chi connectivity index (χ4v) is 6.19. The lowest BCUT2D eigenvalue weighted by Gasteiger charge is -2.32. The number of nitrogens with one attached hydrogen (secondary N) is 2. The van der Waals surface area contributed by atoms with Crippen LogP contribution in [0.2, 0.25) is 0 Å². The number of halogens is 1. The molecule has 4 aromatic rings. The number of urea groups is 1. The number of hydrogen-bond donors (Lipinski definition) is 2. The van der Waals surface area contributed by atoms with Crippen LogP contribution in [0.5, 0.6) is 5.75 Å². The summed E-state index contributed by atoms with van der Waals surface area (Å²) in [5.41, 5.74) is 2.88. The molecule has 4 heterocycles. The van der Waals surface area contributed by atoms with Crippen molar-refractivity contribution in [3.8, 4) is 5.75 Å². The zero-order valence-corrected chi connectivity index (χ0v) is 23.8. The maximum absolute atomic E-state index is 13.4. The first-order valence-electron chi connectivity index (χ1n) is 12.4. The van der Waals surface area contributed by atoms with Crippen LogP contribution in [0.15, 0.2) is 53.3 Å². The summed E-state index contributed by atoms with van der Waals surface area (Å²) >= 11 is 4.66. The summed E-state index contributed by atoms with van der Waals surface area (Å²) in [6.45, 7) is 5.13. The van der Waals surface area contributed by atoms with Crippen LogP contribution >= 0.6 is 27.3 Å². The molecule has 1 fully saturated rings. The van der Waals surface area contributed by atoms with E-state index in [1.54, 1.807) is 25.3 Å². The topological polar surface area (TPSA) is 103 Å². The summed E-state index contributed by atoms with van der Waals surface area (Å²) in [6.07, 6.45) is 1.40. The number of rotatable bonds is 6. The van der Waals surface area contributed by atoms with Gasteiger partial charge in [-0.3, -0.25) is 9.69 Å². The third-order valence-corrected chi connectivity index (χ3v) is 8.68. The molecular weight excluding hydrogens is 582 g/mol. The van der Waals surface area contributed by atoms with Gasteiger partial charge in [0.05, 0.1) is 28.3 Å². The maximum atomic E-state index is 13.4. The highest BCUT2D eigenvalue weighted by atomic mass is 79.9. The van der Waals surface area contributed by atoms with E-state index >= 15 is 0 Å². The van der Waals surface area contributed by atoms with Gasteiger partial charge in [0.2, 0.25) is 0 Å². The van der Waals surface area contributed by atoms with Gasteiger partial charge in [-0.1, -0.05) is 12.1 Å². The van der Waals surface area contributed by atoms with Crippen molar-refractivity contribution in [3.05, 3.63) is 63.7 Å². The highest BCUT2D eigenvalue weighted by molar-refractivity contribution is 9.10. The molecule has 12 heteroatoms. The van der Waals surface area contributed by atoms with Gasteiger partial charge < -0.3 is 20.3 Å². The number of carbonyl (C=O) groups is 2. The van der Waals surface area contributed by atoms with Crippen molar-refractivity contribution in [2.45, 2.75) is 6.54 Å². The van der Waals surface area contributed by atoms with Crippen molar-refractivity contribution in [2.75, 3.05) is 55.9 Å². The van der Waals surface area contributed by atoms with Gasteiger partial charge in [0, 0.05) is 44.5 Å². The molecule has 2 aliphatic rings. The Bertz CT molecular complexity index is 1570. The van der Waals surface area contributed by atoms with Crippen LogP contribution in [0.1, 0.15) is 15.2 Å². The first-order chi connectivity index (χ1) is 18.9. The highest BCUT2D eigenvalue weighted by Gasteiger charge is 2.34. The number of methoxy groups -OCH3 is 1.